The molecular weight excluding hydrogens is 146 g/mol. The van der Waals surface area contributed by atoms with Crippen LogP contribution in [0.25, 0.3) is 0 Å². The van der Waals surface area contributed by atoms with E-state index in [2.05, 4.69) is 4.74 Å². The Balaban J connectivity index is 2.31. The van der Waals surface area contributed by atoms with Gasteiger partial charge in [0.15, 0.2) is 0 Å². The first-order chi connectivity index (χ1) is 5.08. The number of carbonyl (C=O) groups excluding carboxylic acids is 1. The van der Waals surface area contributed by atoms with E-state index in [1.54, 1.807) is 0 Å². The molecule has 0 aliphatic heterocycles. The Kier molecular flexibility index (Phi) is 2.15. The Labute approximate surface area is 65.3 Å². The number of carbonyl (C=O) groups is 1. The summed E-state index contributed by atoms with van der Waals surface area (Å²) < 4.78 is 4.39. The predicted molar refractivity (Wildman–Crippen MR) is 38.8 cm³/mol. The summed E-state index contributed by atoms with van der Waals surface area (Å²) in [4.78, 5) is 10.7. The van der Waals surface area contributed by atoms with E-state index < -0.39 is 17.6 Å². The molecule has 0 heterocycles. The van der Waals surface area contributed by atoms with Crippen molar-refractivity contribution in [1.82, 2.24) is 0 Å². The van der Waals surface area contributed by atoms with Gasteiger partial charge in [0.1, 0.15) is 0 Å². The Morgan fingerprint density at radius 1 is 1.82 bits per heavy atom. The number of rotatable bonds is 3. The van der Waals surface area contributed by atoms with Crippen molar-refractivity contribution >= 4 is 5.97 Å². The lowest BCUT2D eigenvalue weighted by molar-refractivity contribution is -0.143. The van der Waals surface area contributed by atoms with Crippen LogP contribution in [0.1, 0.15) is 19.3 Å². The van der Waals surface area contributed by atoms with Crippen molar-refractivity contribution < 1.29 is 14.6 Å². The standard InChI is InChI=1S/C7H13NO3/c1-11-6(10)4-5(9)7(8)2-3-7/h5,9H,2-4,8H2,1H3. The van der Waals surface area contributed by atoms with Crippen molar-refractivity contribution in [1.29, 1.82) is 0 Å². The van der Waals surface area contributed by atoms with E-state index >= 15 is 0 Å². The van der Waals surface area contributed by atoms with Gasteiger partial charge in [0, 0.05) is 5.54 Å². The molecule has 1 aliphatic carbocycles. The highest BCUT2D eigenvalue weighted by atomic mass is 16.5. The molecule has 0 saturated heterocycles. The molecular formula is C7H13NO3. The van der Waals surface area contributed by atoms with Crippen LogP contribution in [0, 0.1) is 0 Å². The minimum atomic E-state index is -0.741. The molecule has 1 unspecified atom stereocenters. The highest BCUT2D eigenvalue weighted by Crippen LogP contribution is 2.36. The summed E-state index contributed by atoms with van der Waals surface area (Å²) in [6.07, 6.45) is 0.860. The minimum absolute atomic E-state index is 0.00694. The van der Waals surface area contributed by atoms with Crippen LogP contribution in [-0.2, 0) is 9.53 Å². The largest absolute Gasteiger partial charge is 0.469 e. The summed E-state index contributed by atoms with van der Waals surface area (Å²) >= 11 is 0. The average molecular weight is 159 g/mol. The second-order valence-corrected chi connectivity index (χ2v) is 3.03. The predicted octanol–water partition coefficient (Wildman–Crippen LogP) is -0.598. The first-order valence-electron chi connectivity index (χ1n) is 3.62. The van der Waals surface area contributed by atoms with Crippen LogP contribution in [0.15, 0.2) is 0 Å². The zero-order chi connectivity index (χ0) is 8.48. The SMILES string of the molecule is COC(=O)CC(O)C1(N)CC1. The maximum atomic E-state index is 10.7. The van der Waals surface area contributed by atoms with E-state index in [0.29, 0.717) is 0 Å². The summed E-state index contributed by atoms with van der Waals surface area (Å²) in [6.45, 7) is 0. The van der Waals surface area contributed by atoms with Crippen molar-refractivity contribution in [3.05, 3.63) is 0 Å². The van der Waals surface area contributed by atoms with Crippen molar-refractivity contribution in [2.45, 2.75) is 30.9 Å². The second-order valence-electron chi connectivity index (χ2n) is 3.03. The summed E-state index contributed by atoms with van der Waals surface area (Å²) in [7, 11) is 1.30. The zero-order valence-corrected chi connectivity index (χ0v) is 6.54. The first kappa shape index (κ1) is 8.49. The quantitative estimate of drug-likeness (QED) is 0.539. The van der Waals surface area contributed by atoms with Gasteiger partial charge in [-0.05, 0) is 12.8 Å². The molecule has 0 aromatic rings. The number of methoxy groups -OCH3 is 1. The summed E-state index contributed by atoms with van der Waals surface area (Å²) in [5.74, 6) is -0.408. The molecule has 3 N–H and O–H groups in total. The van der Waals surface area contributed by atoms with Gasteiger partial charge in [-0.3, -0.25) is 4.79 Å². The van der Waals surface area contributed by atoms with Gasteiger partial charge in [0.25, 0.3) is 0 Å². The van der Waals surface area contributed by atoms with Gasteiger partial charge in [-0.15, -0.1) is 0 Å². The molecule has 11 heavy (non-hydrogen) atoms. The molecule has 0 amide bonds. The van der Waals surface area contributed by atoms with Crippen molar-refractivity contribution in [2.75, 3.05) is 7.11 Å². The highest BCUT2D eigenvalue weighted by molar-refractivity contribution is 5.70. The molecule has 4 heteroatoms. The Morgan fingerprint density at radius 2 is 2.36 bits per heavy atom. The maximum absolute atomic E-state index is 10.7. The molecule has 1 fully saturated rings. The number of aliphatic hydroxyl groups is 1. The summed E-state index contributed by atoms with van der Waals surface area (Å²) in [5.41, 5.74) is 5.13. The smallest absolute Gasteiger partial charge is 0.308 e. The molecule has 1 atom stereocenters. The Bertz CT molecular complexity index is 165. The van der Waals surface area contributed by atoms with Crippen molar-refractivity contribution in [3.63, 3.8) is 0 Å². The molecule has 0 spiro atoms. The van der Waals surface area contributed by atoms with E-state index in [0.717, 1.165) is 12.8 Å². The highest BCUT2D eigenvalue weighted by Gasteiger charge is 2.45. The Hall–Kier alpha value is -0.610. The van der Waals surface area contributed by atoms with Crippen LogP contribution in [0.4, 0.5) is 0 Å². The van der Waals surface area contributed by atoms with Crippen LogP contribution < -0.4 is 5.73 Å². The lowest BCUT2D eigenvalue weighted by Gasteiger charge is -2.15. The van der Waals surface area contributed by atoms with E-state index in [9.17, 15) is 9.90 Å². The minimum Gasteiger partial charge on any atom is -0.469 e. The summed E-state index contributed by atoms with van der Waals surface area (Å²) in [6, 6.07) is 0. The average Bonchev–Trinajstić information content (AvgIpc) is 2.69. The molecule has 1 rings (SSSR count). The molecule has 0 bridgehead atoms. The zero-order valence-electron chi connectivity index (χ0n) is 6.54. The topological polar surface area (TPSA) is 72.5 Å². The number of ether oxygens (including phenoxy) is 1. The molecule has 64 valence electrons. The second kappa shape index (κ2) is 2.79. The lowest BCUT2D eigenvalue weighted by Crippen LogP contribution is -2.38. The number of aliphatic hydroxyl groups excluding tert-OH is 1. The van der Waals surface area contributed by atoms with Gasteiger partial charge in [0.05, 0.1) is 19.6 Å². The van der Waals surface area contributed by atoms with E-state index in [1.807, 2.05) is 0 Å². The van der Waals surface area contributed by atoms with E-state index in [-0.39, 0.29) is 6.42 Å². The van der Waals surface area contributed by atoms with Crippen molar-refractivity contribution in [3.8, 4) is 0 Å². The fourth-order valence-electron chi connectivity index (χ4n) is 0.922. The number of hydrogen-bond donors (Lipinski definition) is 2. The Morgan fingerprint density at radius 3 is 2.73 bits per heavy atom. The third-order valence-corrected chi connectivity index (χ3v) is 2.08. The van der Waals surface area contributed by atoms with E-state index in [1.165, 1.54) is 7.11 Å². The molecule has 1 aliphatic rings. The summed E-state index contributed by atoms with van der Waals surface area (Å²) in [5, 5.41) is 9.32. The van der Waals surface area contributed by atoms with Crippen LogP contribution in [-0.4, -0.2) is 29.8 Å². The van der Waals surface area contributed by atoms with Crippen molar-refractivity contribution in [2.24, 2.45) is 5.73 Å². The number of esters is 1. The van der Waals surface area contributed by atoms with Gasteiger partial charge in [-0.25, -0.2) is 0 Å². The van der Waals surface area contributed by atoms with Gasteiger partial charge >= 0.3 is 5.97 Å². The fraction of sp³-hybridized carbons (Fsp3) is 0.857. The van der Waals surface area contributed by atoms with Crippen LogP contribution in [0.5, 0.6) is 0 Å². The normalized spacial score (nSPS) is 22.5. The van der Waals surface area contributed by atoms with Gasteiger partial charge in [0.2, 0.25) is 0 Å². The van der Waals surface area contributed by atoms with Gasteiger partial charge in [-0.1, -0.05) is 0 Å². The molecule has 4 nitrogen and oxygen atoms in total. The first-order valence-corrected chi connectivity index (χ1v) is 3.62. The monoisotopic (exact) mass is 159 g/mol. The molecule has 1 saturated carbocycles. The molecule has 0 radical (unpaired) electrons. The van der Waals surface area contributed by atoms with Crippen LogP contribution >= 0.6 is 0 Å². The van der Waals surface area contributed by atoms with Crippen LogP contribution in [0.3, 0.4) is 0 Å². The number of nitrogens with two attached hydrogens (primary N) is 1. The number of hydrogen-bond acceptors (Lipinski definition) is 4. The van der Waals surface area contributed by atoms with Gasteiger partial charge in [-0.2, -0.15) is 0 Å². The molecule has 0 aromatic carbocycles. The fourth-order valence-corrected chi connectivity index (χ4v) is 0.922. The van der Waals surface area contributed by atoms with Gasteiger partial charge < -0.3 is 15.6 Å². The maximum Gasteiger partial charge on any atom is 0.308 e. The van der Waals surface area contributed by atoms with E-state index in [4.69, 9.17) is 5.73 Å². The molecule has 0 aromatic heterocycles. The third-order valence-electron chi connectivity index (χ3n) is 2.08. The third kappa shape index (κ3) is 1.91. The lowest BCUT2D eigenvalue weighted by atomic mass is 10.1. The van der Waals surface area contributed by atoms with Crippen LogP contribution in [0.2, 0.25) is 0 Å².